The van der Waals surface area contributed by atoms with Gasteiger partial charge in [-0.15, -0.1) is 10.2 Å². The lowest BCUT2D eigenvalue weighted by molar-refractivity contribution is 0.134. The molecule has 1 aromatic carbocycles. The van der Waals surface area contributed by atoms with E-state index in [1.54, 1.807) is 19.2 Å². The molecule has 1 aliphatic rings. The predicted octanol–water partition coefficient (Wildman–Crippen LogP) is 2.52. The maximum atomic E-state index is 11.7. The Hall–Kier alpha value is -2.98. The normalized spacial score (nSPS) is 13.4. The summed E-state index contributed by atoms with van der Waals surface area (Å²) in [4.78, 5) is 4.23. The Labute approximate surface area is 161 Å². The number of anilines is 1. The van der Waals surface area contributed by atoms with Gasteiger partial charge in [0.15, 0.2) is 0 Å². The van der Waals surface area contributed by atoms with E-state index >= 15 is 0 Å². The van der Waals surface area contributed by atoms with Gasteiger partial charge in [0, 0.05) is 24.2 Å². The molecule has 0 bridgehead atoms. The zero-order valence-corrected chi connectivity index (χ0v) is 16.3. The van der Waals surface area contributed by atoms with E-state index in [0.29, 0.717) is 30.6 Å². The minimum absolute atomic E-state index is 0.186. The first-order chi connectivity index (χ1) is 13.3. The lowest BCUT2D eigenvalue weighted by Gasteiger charge is -2.12. The number of rotatable bonds is 5. The molecular formula is C18H18N4O5S. The Morgan fingerprint density at radius 3 is 2.64 bits per heavy atom. The number of aromatic nitrogens is 3. The highest BCUT2D eigenvalue weighted by atomic mass is 32.2. The molecule has 9 nitrogen and oxygen atoms in total. The van der Waals surface area contributed by atoms with Crippen LogP contribution in [-0.2, 0) is 28.0 Å². The topological polar surface area (TPSA) is 116 Å². The van der Waals surface area contributed by atoms with Crippen molar-refractivity contribution in [2.24, 2.45) is 0 Å². The van der Waals surface area contributed by atoms with E-state index in [2.05, 4.69) is 19.9 Å². The van der Waals surface area contributed by atoms with Crippen molar-refractivity contribution in [2.45, 2.75) is 20.1 Å². The first-order valence-electron chi connectivity index (χ1n) is 8.40. The quantitative estimate of drug-likeness (QED) is 0.692. The summed E-state index contributed by atoms with van der Waals surface area (Å²) in [5.74, 6) is 1.07. The number of nitrogens with zero attached hydrogens (tertiary/aromatic N) is 3. The van der Waals surface area contributed by atoms with Crippen molar-refractivity contribution in [2.75, 3.05) is 18.1 Å². The number of methoxy groups -OCH3 is 1. The van der Waals surface area contributed by atoms with Crippen LogP contribution in [0.3, 0.4) is 0 Å². The lowest BCUT2D eigenvalue weighted by atomic mass is 9.96. The van der Waals surface area contributed by atoms with Crippen LogP contribution in [0.1, 0.15) is 17.0 Å². The number of fused-ring (bicyclic) bond motifs is 1. The lowest BCUT2D eigenvalue weighted by Crippen LogP contribution is -2.11. The van der Waals surface area contributed by atoms with Crippen molar-refractivity contribution in [3.8, 4) is 28.5 Å². The van der Waals surface area contributed by atoms with Gasteiger partial charge in [0.05, 0.1) is 26.6 Å². The highest BCUT2D eigenvalue weighted by Gasteiger charge is 2.22. The molecule has 0 amide bonds. The van der Waals surface area contributed by atoms with Gasteiger partial charge >= 0.3 is 0 Å². The molecule has 1 N–H and O–H groups in total. The van der Waals surface area contributed by atoms with Gasteiger partial charge in [-0.05, 0) is 34.9 Å². The largest absolute Gasteiger partial charge is 0.480 e. The molecule has 0 radical (unpaired) electrons. The summed E-state index contributed by atoms with van der Waals surface area (Å²) < 4.78 is 42.1. The van der Waals surface area contributed by atoms with E-state index < -0.39 is 10.0 Å². The molecule has 3 heterocycles. The highest BCUT2D eigenvalue weighted by Crippen LogP contribution is 2.37. The molecule has 0 atom stereocenters. The second kappa shape index (κ2) is 6.88. The third kappa shape index (κ3) is 3.56. The maximum absolute atomic E-state index is 11.7. The Morgan fingerprint density at radius 1 is 1.14 bits per heavy atom. The molecular weight excluding hydrogens is 384 g/mol. The molecule has 0 unspecified atom stereocenters. The molecule has 4 rings (SSSR count). The van der Waals surface area contributed by atoms with Gasteiger partial charge in [0.1, 0.15) is 5.69 Å². The zero-order chi connectivity index (χ0) is 19.9. The summed E-state index contributed by atoms with van der Waals surface area (Å²) in [6.07, 6.45) is 2.69. The molecule has 146 valence electrons. The van der Waals surface area contributed by atoms with Gasteiger partial charge in [-0.3, -0.25) is 4.72 Å². The summed E-state index contributed by atoms with van der Waals surface area (Å²) >= 11 is 0. The van der Waals surface area contributed by atoms with E-state index in [0.717, 1.165) is 28.5 Å². The molecule has 0 saturated carbocycles. The van der Waals surface area contributed by atoms with Crippen LogP contribution in [0.5, 0.6) is 5.88 Å². The fraction of sp³-hybridized carbons (Fsp3) is 0.278. The van der Waals surface area contributed by atoms with Crippen LogP contribution in [0.2, 0.25) is 0 Å². The summed E-state index contributed by atoms with van der Waals surface area (Å²) in [6, 6.07) is 5.57. The second-order valence-electron chi connectivity index (χ2n) is 6.44. The van der Waals surface area contributed by atoms with Crippen molar-refractivity contribution < 1.29 is 22.3 Å². The number of sulfonamides is 1. The number of nitrogens with one attached hydrogen (secondary N) is 1. The first-order valence-corrected chi connectivity index (χ1v) is 10.3. The van der Waals surface area contributed by atoms with Crippen LogP contribution in [0, 0.1) is 6.92 Å². The predicted molar refractivity (Wildman–Crippen MR) is 101 cm³/mol. The van der Waals surface area contributed by atoms with E-state index in [1.165, 1.54) is 7.11 Å². The molecule has 0 spiro atoms. The standard InChI is InChI=1S/C18H18N4O5S/c1-10-20-21-17(27-10)14-5-11(4-13-8-26-9-15(13)14)12-6-16(22-28(3,23)24)18(25-2)19-7-12/h4-7,22H,8-9H2,1-3H3. The number of hydrogen-bond acceptors (Lipinski definition) is 8. The van der Waals surface area contributed by atoms with E-state index in [4.69, 9.17) is 13.9 Å². The highest BCUT2D eigenvalue weighted by molar-refractivity contribution is 7.92. The van der Waals surface area contributed by atoms with Gasteiger partial charge in [-0.1, -0.05) is 0 Å². The zero-order valence-electron chi connectivity index (χ0n) is 15.5. The molecule has 28 heavy (non-hydrogen) atoms. The molecule has 3 aromatic rings. The van der Waals surface area contributed by atoms with Crippen LogP contribution in [0.15, 0.2) is 28.8 Å². The van der Waals surface area contributed by atoms with Crippen LogP contribution >= 0.6 is 0 Å². The molecule has 10 heteroatoms. The van der Waals surface area contributed by atoms with Crippen LogP contribution in [-0.4, -0.2) is 37.0 Å². The smallest absolute Gasteiger partial charge is 0.248 e. The minimum atomic E-state index is -3.49. The molecule has 1 aliphatic heterocycles. The summed E-state index contributed by atoms with van der Waals surface area (Å²) in [5.41, 5.74) is 4.59. The molecule has 2 aromatic heterocycles. The van der Waals surface area contributed by atoms with E-state index in [1.807, 2.05) is 12.1 Å². The first kappa shape index (κ1) is 18.4. The van der Waals surface area contributed by atoms with Gasteiger partial charge < -0.3 is 13.9 Å². The van der Waals surface area contributed by atoms with E-state index in [9.17, 15) is 8.42 Å². The Morgan fingerprint density at radius 2 is 1.96 bits per heavy atom. The third-order valence-electron chi connectivity index (χ3n) is 4.28. The third-order valence-corrected chi connectivity index (χ3v) is 4.87. The van der Waals surface area contributed by atoms with Crippen molar-refractivity contribution in [1.29, 1.82) is 0 Å². The summed E-state index contributed by atoms with van der Waals surface area (Å²) in [5, 5.41) is 8.03. The van der Waals surface area contributed by atoms with Gasteiger partial charge in [-0.25, -0.2) is 13.4 Å². The SMILES string of the molecule is COc1ncc(-c2cc3c(c(-c4nnc(C)o4)c2)COC3)cc1NS(C)(=O)=O. The molecule has 0 fully saturated rings. The number of hydrogen-bond donors (Lipinski definition) is 1. The van der Waals surface area contributed by atoms with Gasteiger partial charge in [0.2, 0.25) is 27.7 Å². The molecule has 0 saturated heterocycles. The van der Waals surface area contributed by atoms with Gasteiger partial charge in [-0.2, -0.15) is 0 Å². The molecule has 0 aliphatic carbocycles. The average molecular weight is 402 g/mol. The van der Waals surface area contributed by atoms with Crippen molar-refractivity contribution in [3.63, 3.8) is 0 Å². The second-order valence-corrected chi connectivity index (χ2v) is 8.18. The van der Waals surface area contributed by atoms with Crippen molar-refractivity contribution >= 4 is 15.7 Å². The Balaban J connectivity index is 1.85. The monoisotopic (exact) mass is 402 g/mol. The van der Waals surface area contributed by atoms with E-state index in [-0.39, 0.29) is 11.6 Å². The fourth-order valence-electron chi connectivity index (χ4n) is 3.10. The van der Waals surface area contributed by atoms with Crippen LogP contribution in [0.25, 0.3) is 22.6 Å². The summed E-state index contributed by atoms with van der Waals surface area (Å²) in [7, 11) is -2.06. The fourth-order valence-corrected chi connectivity index (χ4v) is 3.65. The minimum Gasteiger partial charge on any atom is -0.480 e. The number of pyridine rings is 1. The maximum Gasteiger partial charge on any atom is 0.248 e. The summed E-state index contributed by atoms with van der Waals surface area (Å²) in [6.45, 7) is 2.67. The van der Waals surface area contributed by atoms with Crippen molar-refractivity contribution in [3.05, 3.63) is 41.4 Å². The Bertz CT molecular complexity index is 1160. The average Bonchev–Trinajstić information content (AvgIpc) is 3.28. The number of ether oxygens (including phenoxy) is 2. The number of aryl methyl sites for hydroxylation is 1. The van der Waals surface area contributed by atoms with Crippen molar-refractivity contribution in [1.82, 2.24) is 15.2 Å². The van der Waals surface area contributed by atoms with Crippen LogP contribution in [0.4, 0.5) is 5.69 Å². The number of benzene rings is 1. The van der Waals surface area contributed by atoms with Gasteiger partial charge in [0.25, 0.3) is 0 Å². The Kier molecular flexibility index (Phi) is 4.52. The van der Waals surface area contributed by atoms with Crippen LogP contribution < -0.4 is 9.46 Å².